The first kappa shape index (κ1) is 15.8. The molecular formula is C15H13BrClFN2O. The minimum Gasteiger partial charge on any atom is -0.376 e. The van der Waals surface area contributed by atoms with Crippen molar-refractivity contribution in [2.75, 3.05) is 17.2 Å². The zero-order valence-corrected chi connectivity index (χ0v) is 13.6. The largest absolute Gasteiger partial charge is 0.376 e. The zero-order valence-electron chi connectivity index (χ0n) is 11.2. The SMILES string of the molecule is Cc1cc(Br)c(F)cc1NCC(=O)Nc1ccccc1Cl. The van der Waals surface area contributed by atoms with Gasteiger partial charge in [-0.15, -0.1) is 0 Å². The fourth-order valence-electron chi connectivity index (χ4n) is 1.77. The number of rotatable bonds is 4. The number of aryl methyl sites for hydroxylation is 1. The van der Waals surface area contributed by atoms with Crippen LogP contribution in [0.1, 0.15) is 5.56 Å². The number of anilines is 2. The lowest BCUT2D eigenvalue weighted by molar-refractivity contribution is -0.114. The number of hydrogen-bond acceptors (Lipinski definition) is 2. The third-order valence-corrected chi connectivity index (χ3v) is 3.79. The van der Waals surface area contributed by atoms with Crippen LogP contribution >= 0.6 is 27.5 Å². The summed E-state index contributed by atoms with van der Waals surface area (Å²) in [7, 11) is 0. The first-order chi connectivity index (χ1) is 9.97. The van der Waals surface area contributed by atoms with E-state index in [9.17, 15) is 9.18 Å². The van der Waals surface area contributed by atoms with E-state index < -0.39 is 0 Å². The maximum Gasteiger partial charge on any atom is 0.243 e. The third-order valence-electron chi connectivity index (χ3n) is 2.85. The summed E-state index contributed by atoms with van der Waals surface area (Å²) in [4.78, 5) is 11.9. The van der Waals surface area contributed by atoms with Gasteiger partial charge in [-0.2, -0.15) is 0 Å². The second kappa shape index (κ2) is 6.91. The van der Waals surface area contributed by atoms with E-state index in [1.165, 1.54) is 6.07 Å². The molecule has 2 aromatic carbocycles. The molecule has 6 heteroatoms. The molecule has 0 saturated carbocycles. The van der Waals surface area contributed by atoms with Crippen LogP contribution < -0.4 is 10.6 Å². The highest BCUT2D eigenvalue weighted by atomic mass is 79.9. The molecule has 1 amide bonds. The highest BCUT2D eigenvalue weighted by Crippen LogP contribution is 2.24. The van der Waals surface area contributed by atoms with Gasteiger partial charge in [-0.3, -0.25) is 4.79 Å². The van der Waals surface area contributed by atoms with Crippen molar-refractivity contribution in [3.63, 3.8) is 0 Å². The Hall–Kier alpha value is -1.59. The van der Waals surface area contributed by atoms with E-state index in [2.05, 4.69) is 26.6 Å². The number of nitrogens with one attached hydrogen (secondary N) is 2. The molecule has 0 heterocycles. The van der Waals surface area contributed by atoms with E-state index in [0.29, 0.717) is 20.9 Å². The fraction of sp³-hybridized carbons (Fsp3) is 0.133. The van der Waals surface area contributed by atoms with Crippen molar-refractivity contribution in [2.45, 2.75) is 6.92 Å². The molecule has 0 aromatic heterocycles. The van der Waals surface area contributed by atoms with Gasteiger partial charge in [-0.05, 0) is 52.7 Å². The number of amides is 1. The lowest BCUT2D eigenvalue weighted by atomic mass is 10.2. The van der Waals surface area contributed by atoms with Crippen LogP contribution in [0.15, 0.2) is 40.9 Å². The van der Waals surface area contributed by atoms with Crippen molar-refractivity contribution < 1.29 is 9.18 Å². The van der Waals surface area contributed by atoms with Gasteiger partial charge in [0.15, 0.2) is 0 Å². The minimum atomic E-state index is -0.380. The molecule has 2 aromatic rings. The van der Waals surface area contributed by atoms with Crippen LogP contribution in [-0.4, -0.2) is 12.5 Å². The highest BCUT2D eigenvalue weighted by molar-refractivity contribution is 9.10. The van der Waals surface area contributed by atoms with Crippen LogP contribution in [-0.2, 0) is 4.79 Å². The number of benzene rings is 2. The summed E-state index contributed by atoms with van der Waals surface area (Å²) >= 11 is 9.07. The summed E-state index contributed by atoms with van der Waals surface area (Å²) in [5.41, 5.74) is 1.96. The molecule has 110 valence electrons. The Morgan fingerprint density at radius 2 is 2.00 bits per heavy atom. The van der Waals surface area contributed by atoms with Crippen LogP contribution in [0.2, 0.25) is 5.02 Å². The normalized spacial score (nSPS) is 10.3. The lowest BCUT2D eigenvalue weighted by Crippen LogP contribution is -2.22. The molecule has 0 aliphatic rings. The standard InChI is InChI=1S/C15H13BrClFN2O/c1-9-6-10(16)12(18)7-14(9)19-8-15(21)20-13-5-3-2-4-11(13)17/h2-7,19H,8H2,1H3,(H,20,21). The maximum absolute atomic E-state index is 13.5. The Morgan fingerprint density at radius 1 is 1.29 bits per heavy atom. The first-order valence-corrected chi connectivity index (χ1v) is 7.38. The van der Waals surface area contributed by atoms with E-state index in [-0.39, 0.29) is 18.3 Å². The van der Waals surface area contributed by atoms with Crippen molar-refractivity contribution in [3.05, 3.63) is 57.3 Å². The van der Waals surface area contributed by atoms with Crippen LogP contribution in [0, 0.1) is 12.7 Å². The second-order valence-electron chi connectivity index (χ2n) is 4.46. The van der Waals surface area contributed by atoms with E-state index in [1.807, 2.05) is 6.92 Å². The van der Waals surface area contributed by atoms with Crippen LogP contribution in [0.5, 0.6) is 0 Å². The van der Waals surface area contributed by atoms with Crippen molar-refractivity contribution in [1.82, 2.24) is 0 Å². The summed E-state index contributed by atoms with van der Waals surface area (Å²) in [6.45, 7) is 1.85. The molecule has 0 unspecified atom stereocenters. The van der Waals surface area contributed by atoms with Crippen LogP contribution in [0.4, 0.5) is 15.8 Å². The molecule has 0 atom stereocenters. The smallest absolute Gasteiger partial charge is 0.243 e. The monoisotopic (exact) mass is 370 g/mol. The average molecular weight is 372 g/mol. The number of halogens is 3. The molecule has 0 saturated heterocycles. The molecular weight excluding hydrogens is 359 g/mol. The Kier molecular flexibility index (Phi) is 5.20. The van der Waals surface area contributed by atoms with Crippen LogP contribution in [0.3, 0.4) is 0 Å². The van der Waals surface area contributed by atoms with Crippen molar-refractivity contribution in [3.8, 4) is 0 Å². The Morgan fingerprint density at radius 3 is 2.71 bits per heavy atom. The van der Waals surface area contributed by atoms with E-state index in [4.69, 9.17) is 11.6 Å². The predicted molar refractivity (Wildman–Crippen MR) is 87.4 cm³/mol. The van der Waals surface area contributed by atoms with Gasteiger partial charge >= 0.3 is 0 Å². The predicted octanol–water partition coefficient (Wildman–Crippen LogP) is 4.60. The number of para-hydroxylation sites is 1. The quantitative estimate of drug-likeness (QED) is 0.824. The van der Waals surface area contributed by atoms with E-state index >= 15 is 0 Å². The number of hydrogen-bond donors (Lipinski definition) is 2. The molecule has 2 N–H and O–H groups in total. The lowest BCUT2D eigenvalue weighted by Gasteiger charge is -2.11. The van der Waals surface area contributed by atoms with Gasteiger partial charge < -0.3 is 10.6 Å². The number of carbonyl (C=O) groups is 1. The fourth-order valence-corrected chi connectivity index (χ4v) is 2.41. The Balaban J connectivity index is 1.99. The summed E-state index contributed by atoms with van der Waals surface area (Å²) in [6, 6.07) is 9.98. The summed E-state index contributed by atoms with van der Waals surface area (Å²) in [5, 5.41) is 6.06. The van der Waals surface area contributed by atoms with E-state index in [0.717, 1.165) is 5.56 Å². The highest BCUT2D eigenvalue weighted by Gasteiger charge is 2.08. The molecule has 2 rings (SSSR count). The van der Waals surface area contributed by atoms with Crippen molar-refractivity contribution in [2.24, 2.45) is 0 Å². The van der Waals surface area contributed by atoms with Gasteiger partial charge in [0.2, 0.25) is 5.91 Å². The molecule has 21 heavy (non-hydrogen) atoms. The summed E-state index contributed by atoms with van der Waals surface area (Å²) < 4.78 is 13.9. The second-order valence-corrected chi connectivity index (χ2v) is 5.72. The Bertz CT molecular complexity index is 679. The van der Waals surface area contributed by atoms with Gasteiger partial charge in [-0.25, -0.2) is 4.39 Å². The Labute approximate surface area is 135 Å². The summed E-state index contributed by atoms with van der Waals surface area (Å²) in [5.74, 6) is -0.638. The summed E-state index contributed by atoms with van der Waals surface area (Å²) in [6.07, 6.45) is 0. The van der Waals surface area contributed by atoms with Crippen molar-refractivity contribution >= 4 is 44.8 Å². The van der Waals surface area contributed by atoms with Gasteiger partial charge in [0, 0.05) is 5.69 Å². The molecule has 0 aliphatic carbocycles. The number of carbonyl (C=O) groups excluding carboxylic acids is 1. The maximum atomic E-state index is 13.5. The van der Waals surface area contributed by atoms with Gasteiger partial charge in [-0.1, -0.05) is 23.7 Å². The van der Waals surface area contributed by atoms with Gasteiger partial charge in [0.1, 0.15) is 5.82 Å². The van der Waals surface area contributed by atoms with Gasteiger partial charge in [0.25, 0.3) is 0 Å². The minimum absolute atomic E-state index is 0.0210. The van der Waals surface area contributed by atoms with E-state index in [1.54, 1.807) is 30.3 Å². The molecule has 0 radical (unpaired) electrons. The van der Waals surface area contributed by atoms with Crippen LogP contribution in [0.25, 0.3) is 0 Å². The topological polar surface area (TPSA) is 41.1 Å². The molecule has 0 fully saturated rings. The third kappa shape index (κ3) is 4.19. The van der Waals surface area contributed by atoms with Crippen molar-refractivity contribution in [1.29, 1.82) is 0 Å². The average Bonchev–Trinajstić information content (AvgIpc) is 2.44. The molecule has 0 aliphatic heterocycles. The first-order valence-electron chi connectivity index (χ1n) is 6.21. The molecule has 0 spiro atoms. The zero-order chi connectivity index (χ0) is 15.4. The molecule has 3 nitrogen and oxygen atoms in total. The molecule has 0 bridgehead atoms. The van der Waals surface area contributed by atoms with Gasteiger partial charge in [0.05, 0.1) is 21.7 Å².